The second-order valence-corrected chi connectivity index (χ2v) is 7.29. The molecule has 5 heteroatoms. The minimum Gasteiger partial charge on any atom is -0.393 e. The maximum absolute atomic E-state index is 14.5. The van der Waals surface area contributed by atoms with Gasteiger partial charge in [0.15, 0.2) is 0 Å². The Morgan fingerprint density at radius 1 is 1.33 bits per heavy atom. The molecule has 3 nitrogen and oxygen atoms in total. The van der Waals surface area contributed by atoms with Crippen LogP contribution in [0.15, 0.2) is 18.2 Å². The van der Waals surface area contributed by atoms with Crippen molar-refractivity contribution in [2.45, 2.75) is 69.4 Å². The number of carbonyl (C=O) groups excluding carboxylic acids is 1. The molecule has 24 heavy (non-hydrogen) atoms. The molecule has 1 aliphatic carbocycles. The fourth-order valence-electron chi connectivity index (χ4n) is 4.47. The number of hydrogen-bond acceptors (Lipinski definition) is 2. The van der Waals surface area contributed by atoms with E-state index in [1.54, 1.807) is 6.92 Å². The summed E-state index contributed by atoms with van der Waals surface area (Å²) >= 11 is 0. The second kappa shape index (κ2) is 6.79. The maximum atomic E-state index is 14.5. The third-order valence-corrected chi connectivity index (χ3v) is 5.56. The standard InChI is InChI=1S/C19H25F2NO2/c1-13(23)11-15-5-4-10-22(15)18(24)19(8-2-3-9-19)16-7-6-14(20)12-17(16)21/h6-7,12-13,15,23H,2-5,8-11H2,1H3. The summed E-state index contributed by atoms with van der Waals surface area (Å²) in [6, 6.07) is 3.56. The molecule has 3 rings (SSSR count). The van der Waals surface area contributed by atoms with Gasteiger partial charge in [-0.1, -0.05) is 18.9 Å². The third kappa shape index (κ3) is 3.06. The topological polar surface area (TPSA) is 40.5 Å². The fourth-order valence-corrected chi connectivity index (χ4v) is 4.47. The van der Waals surface area contributed by atoms with E-state index in [0.717, 1.165) is 31.7 Å². The number of likely N-dealkylation sites (tertiary alicyclic amines) is 1. The number of benzene rings is 1. The van der Waals surface area contributed by atoms with Crippen LogP contribution in [0, 0.1) is 11.6 Å². The zero-order chi connectivity index (χ0) is 17.3. The predicted octanol–water partition coefficient (Wildman–Crippen LogP) is 3.54. The molecule has 0 radical (unpaired) electrons. The van der Waals surface area contributed by atoms with Gasteiger partial charge in [0.25, 0.3) is 0 Å². The molecule has 2 aliphatic rings. The molecule has 2 fully saturated rings. The summed E-state index contributed by atoms with van der Waals surface area (Å²) in [6.45, 7) is 2.38. The average molecular weight is 337 g/mol. The Kier molecular flexibility index (Phi) is 4.90. The molecule has 1 aromatic carbocycles. The average Bonchev–Trinajstić information content (AvgIpc) is 3.16. The fraction of sp³-hybridized carbons (Fsp3) is 0.632. The van der Waals surface area contributed by atoms with E-state index in [2.05, 4.69) is 0 Å². The van der Waals surface area contributed by atoms with Crippen molar-refractivity contribution in [3.05, 3.63) is 35.4 Å². The van der Waals surface area contributed by atoms with Crippen LogP contribution in [-0.4, -0.2) is 34.6 Å². The van der Waals surface area contributed by atoms with Crippen molar-refractivity contribution in [2.24, 2.45) is 0 Å². The number of aliphatic hydroxyl groups excluding tert-OH is 1. The summed E-state index contributed by atoms with van der Waals surface area (Å²) in [4.78, 5) is 15.2. The Morgan fingerprint density at radius 3 is 2.67 bits per heavy atom. The molecule has 1 aliphatic heterocycles. The Bertz CT molecular complexity index is 611. The van der Waals surface area contributed by atoms with Crippen molar-refractivity contribution in [1.82, 2.24) is 4.90 Å². The van der Waals surface area contributed by atoms with Gasteiger partial charge in [0.2, 0.25) is 5.91 Å². The summed E-state index contributed by atoms with van der Waals surface area (Å²) in [5.41, 5.74) is -0.548. The number of aliphatic hydroxyl groups is 1. The lowest BCUT2D eigenvalue weighted by Crippen LogP contribution is -2.48. The lowest BCUT2D eigenvalue weighted by Gasteiger charge is -2.36. The van der Waals surface area contributed by atoms with Gasteiger partial charge in [-0.2, -0.15) is 0 Å². The van der Waals surface area contributed by atoms with Crippen LogP contribution in [0.3, 0.4) is 0 Å². The van der Waals surface area contributed by atoms with E-state index in [1.807, 2.05) is 4.90 Å². The highest BCUT2D eigenvalue weighted by molar-refractivity contribution is 5.89. The molecule has 1 heterocycles. The summed E-state index contributed by atoms with van der Waals surface area (Å²) in [5.74, 6) is -1.30. The van der Waals surface area contributed by atoms with Gasteiger partial charge < -0.3 is 10.0 Å². The molecule has 2 atom stereocenters. The molecule has 1 saturated heterocycles. The second-order valence-electron chi connectivity index (χ2n) is 7.29. The number of halogens is 2. The molecule has 132 valence electrons. The van der Waals surface area contributed by atoms with Crippen molar-refractivity contribution >= 4 is 5.91 Å². The summed E-state index contributed by atoms with van der Waals surface area (Å²) in [6.07, 6.45) is 4.82. The van der Waals surface area contributed by atoms with Crippen LogP contribution in [0.25, 0.3) is 0 Å². The SMILES string of the molecule is CC(O)CC1CCCN1C(=O)C1(c2ccc(F)cc2F)CCCC1. The van der Waals surface area contributed by atoms with E-state index in [0.29, 0.717) is 31.4 Å². The van der Waals surface area contributed by atoms with Gasteiger partial charge in [0.1, 0.15) is 11.6 Å². The minimum atomic E-state index is -0.876. The Labute approximate surface area is 141 Å². The van der Waals surface area contributed by atoms with Crippen molar-refractivity contribution in [3.63, 3.8) is 0 Å². The van der Waals surface area contributed by atoms with Gasteiger partial charge >= 0.3 is 0 Å². The zero-order valence-electron chi connectivity index (χ0n) is 14.1. The van der Waals surface area contributed by atoms with E-state index in [9.17, 15) is 18.7 Å². The molecule has 2 unspecified atom stereocenters. The van der Waals surface area contributed by atoms with Crippen LogP contribution in [0.2, 0.25) is 0 Å². The first kappa shape index (κ1) is 17.3. The summed E-state index contributed by atoms with van der Waals surface area (Å²) < 4.78 is 27.8. The van der Waals surface area contributed by atoms with E-state index in [1.165, 1.54) is 12.1 Å². The first-order valence-corrected chi connectivity index (χ1v) is 8.89. The molecule has 1 amide bonds. The number of carbonyl (C=O) groups is 1. The van der Waals surface area contributed by atoms with Crippen molar-refractivity contribution < 1.29 is 18.7 Å². The normalized spacial score (nSPS) is 24.3. The smallest absolute Gasteiger partial charge is 0.233 e. The summed E-state index contributed by atoms with van der Waals surface area (Å²) in [7, 11) is 0. The van der Waals surface area contributed by atoms with Gasteiger partial charge in [0, 0.05) is 24.2 Å². The monoisotopic (exact) mass is 337 g/mol. The van der Waals surface area contributed by atoms with Crippen molar-refractivity contribution in [1.29, 1.82) is 0 Å². The number of hydrogen-bond donors (Lipinski definition) is 1. The first-order chi connectivity index (χ1) is 11.4. The van der Waals surface area contributed by atoms with Crippen LogP contribution in [0.5, 0.6) is 0 Å². The lowest BCUT2D eigenvalue weighted by molar-refractivity contribution is -0.138. The highest BCUT2D eigenvalue weighted by Gasteiger charge is 2.48. The molecule has 1 aromatic rings. The number of rotatable bonds is 4. The largest absolute Gasteiger partial charge is 0.393 e. The Hall–Kier alpha value is -1.49. The van der Waals surface area contributed by atoms with Gasteiger partial charge in [-0.25, -0.2) is 8.78 Å². The molecule has 0 aromatic heterocycles. The van der Waals surface area contributed by atoms with Crippen molar-refractivity contribution in [2.75, 3.05) is 6.54 Å². The van der Waals surface area contributed by atoms with Crippen LogP contribution < -0.4 is 0 Å². The van der Waals surface area contributed by atoms with Crippen molar-refractivity contribution in [3.8, 4) is 0 Å². The quantitative estimate of drug-likeness (QED) is 0.913. The first-order valence-electron chi connectivity index (χ1n) is 8.89. The van der Waals surface area contributed by atoms with Gasteiger partial charge in [-0.3, -0.25) is 4.79 Å². The number of amides is 1. The van der Waals surface area contributed by atoms with Crippen LogP contribution in [-0.2, 0) is 10.2 Å². The Morgan fingerprint density at radius 2 is 2.04 bits per heavy atom. The van der Waals surface area contributed by atoms with E-state index in [-0.39, 0.29) is 11.9 Å². The maximum Gasteiger partial charge on any atom is 0.233 e. The summed E-state index contributed by atoms with van der Waals surface area (Å²) in [5, 5.41) is 9.69. The number of nitrogens with zero attached hydrogens (tertiary/aromatic N) is 1. The van der Waals surface area contributed by atoms with Crippen LogP contribution >= 0.6 is 0 Å². The predicted molar refractivity (Wildman–Crippen MR) is 87.5 cm³/mol. The van der Waals surface area contributed by atoms with E-state index < -0.39 is 23.2 Å². The van der Waals surface area contributed by atoms with Gasteiger partial charge in [-0.15, -0.1) is 0 Å². The van der Waals surface area contributed by atoms with Crippen LogP contribution in [0.4, 0.5) is 8.78 Å². The van der Waals surface area contributed by atoms with E-state index >= 15 is 0 Å². The molecule has 0 bridgehead atoms. The van der Waals surface area contributed by atoms with Crippen LogP contribution in [0.1, 0.15) is 57.4 Å². The zero-order valence-corrected chi connectivity index (χ0v) is 14.1. The lowest BCUT2D eigenvalue weighted by atomic mass is 9.77. The highest BCUT2D eigenvalue weighted by atomic mass is 19.1. The third-order valence-electron chi connectivity index (χ3n) is 5.56. The molecular weight excluding hydrogens is 312 g/mol. The van der Waals surface area contributed by atoms with E-state index in [4.69, 9.17) is 0 Å². The minimum absolute atomic E-state index is 0.0125. The van der Waals surface area contributed by atoms with Gasteiger partial charge in [0.05, 0.1) is 11.5 Å². The molecule has 1 N–H and O–H groups in total. The molecular formula is C19H25F2NO2. The molecule has 1 saturated carbocycles. The van der Waals surface area contributed by atoms with Gasteiger partial charge in [-0.05, 0) is 45.1 Å². The highest BCUT2D eigenvalue weighted by Crippen LogP contribution is 2.45. The Balaban J connectivity index is 1.94. The molecule has 0 spiro atoms.